The summed E-state index contributed by atoms with van der Waals surface area (Å²) in [6.45, 7) is 2.34. The molecule has 1 fully saturated rings. The first-order valence-corrected chi connectivity index (χ1v) is 9.01. The van der Waals surface area contributed by atoms with Gasteiger partial charge in [-0.2, -0.15) is 0 Å². The molecule has 0 aromatic heterocycles. The average molecular weight is 328 g/mol. The summed E-state index contributed by atoms with van der Waals surface area (Å²) in [7, 11) is -1.75. The Morgan fingerprint density at radius 1 is 1.41 bits per heavy atom. The van der Waals surface area contributed by atoms with E-state index in [0.29, 0.717) is 13.0 Å². The van der Waals surface area contributed by atoms with E-state index in [4.69, 9.17) is 0 Å². The van der Waals surface area contributed by atoms with Crippen molar-refractivity contribution >= 4 is 15.9 Å². The van der Waals surface area contributed by atoms with E-state index < -0.39 is 10.0 Å². The average Bonchev–Trinajstić information content (AvgIpc) is 2.45. The lowest BCUT2D eigenvalue weighted by atomic mass is 9.79. The van der Waals surface area contributed by atoms with E-state index in [1.165, 1.54) is 22.7 Å². The first-order valence-electron chi connectivity index (χ1n) is 7.16. The molecule has 2 unspecified atom stereocenters. The van der Waals surface area contributed by atoms with E-state index in [2.05, 4.69) is 5.32 Å². The summed E-state index contributed by atoms with van der Waals surface area (Å²) in [6, 6.07) is 4.41. The quantitative estimate of drug-likeness (QED) is 0.908. The van der Waals surface area contributed by atoms with Crippen LogP contribution in [0, 0.1) is 18.7 Å². The van der Waals surface area contributed by atoms with Crippen molar-refractivity contribution in [1.29, 1.82) is 0 Å². The topological polar surface area (TPSA) is 66.5 Å². The van der Waals surface area contributed by atoms with Crippen LogP contribution in [0.4, 0.5) is 4.39 Å². The summed E-state index contributed by atoms with van der Waals surface area (Å²) in [6.07, 6.45) is 1.62. The first-order chi connectivity index (χ1) is 10.2. The Hall–Kier alpha value is -1.47. The highest BCUT2D eigenvalue weighted by Gasteiger charge is 2.38. The van der Waals surface area contributed by atoms with Crippen molar-refractivity contribution in [3.05, 3.63) is 35.1 Å². The molecule has 1 aliphatic rings. The van der Waals surface area contributed by atoms with Crippen LogP contribution in [-0.2, 0) is 14.8 Å². The van der Waals surface area contributed by atoms with Crippen LogP contribution in [-0.4, -0.2) is 45.0 Å². The molecule has 1 aromatic carbocycles. The summed E-state index contributed by atoms with van der Waals surface area (Å²) in [5, 5.41) is 2.64. The van der Waals surface area contributed by atoms with Crippen LogP contribution in [0.25, 0.3) is 0 Å². The molecule has 1 amide bonds. The maximum Gasteiger partial charge on any atom is 0.223 e. The molecule has 122 valence electrons. The fourth-order valence-corrected chi connectivity index (χ4v) is 3.96. The van der Waals surface area contributed by atoms with E-state index in [-0.39, 0.29) is 30.1 Å². The van der Waals surface area contributed by atoms with Gasteiger partial charge in [-0.3, -0.25) is 4.79 Å². The van der Waals surface area contributed by atoms with Gasteiger partial charge in [-0.05, 0) is 36.6 Å². The van der Waals surface area contributed by atoms with Crippen molar-refractivity contribution in [2.24, 2.45) is 5.92 Å². The Morgan fingerprint density at radius 3 is 2.64 bits per heavy atom. The molecule has 0 aliphatic carbocycles. The van der Waals surface area contributed by atoms with Gasteiger partial charge < -0.3 is 5.32 Å². The summed E-state index contributed by atoms with van der Waals surface area (Å²) in [4.78, 5) is 12.1. The van der Waals surface area contributed by atoms with Crippen molar-refractivity contribution in [3.8, 4) is 0 Å². The summed E-state index contributed by atoms with van der Waals surface area (Å²) in [5.74, 6) is -1.04. The van der Waals surface area contributed by atoms with Gasteiger partial charge in [0.25, 0.3) is 0 Å². The number of piperidine rings is 1. The van der Waals surface area contributed by atoms with E-state index in [9.17, 15) is 17.6 Å². The summed E-state index contributed by atoms with van der Waals surface area (Å²) >= 11 is 0. The second-order valence-corrected chi connectivity index (χ2v) is 7.72. The molecular weight excluding hydrogens is 307 g/mol. The second-order valence-electron chi connectivity index (χ2n) is 5.74. The van der Waals surface area contributed by atoms with Crippen LogP contribution in [0.1, 0.15) is 23.5 Å². The molecule has 0 saturated carbocycles. The number of benzene rings is 1. The van der Waals surface area contributed by atoms with Crippen molar-refractivity contribution in [2.45, 2.75) is 19.3 Å². The number of nitrogens with zero attached hydrogens (tertiary/aromatic N) is 1. The minimum atomic E-state index is -3.32. The van der Waals surface area contributed by atoms with E-state index in [0.717, 1.165) is 11.1 Å². The van der Waals surface area contributed by atoms with Gasteiger partial charge in [0.15, 0.2) is 0 Å². The lowest BCUT2D eigenvalue weighted by Gasteiger charge is -2.37. The summed E-state index contributed by atoms with van der Waals surface area (Å²) < 4.78 is 38.3. The number of amides is 1. The van der Waals surface area contributed by atoms with Gasteiger partial charge >= 0.3 is 0 Å². The predicted molar refractivity (Wildman–Crippen MR) is 82.5 cm³/mol. The zero-order chi connectivity index (χ0) is 16.5. The van der Waals surface area contributed by atoms with Gasteiger partial charge in [-0.25, -0.2) is 17.1 Å². The van der Waals surface area contributed by atoms with Crippen LogP contribution >= 0.6 is 0 Å². The maximum atomic E-state index is 13.3. The molecular formula is C15H21FN2O3S. The van der Waals surface area contributed by atoms with E-state index in [1.54, 1.807) is 20.0 Å². The van der Waals surface area contributed by atoms with Gasteiger partial charge in [0.05, 0.1) is 6.26 Å². The molecule has 1 N–H and O–H groups in total. The molecule has 7 heteroatoms. The lowest BCUT2D eigenvalue weighted by molar-refractivity contribution is -0.126. The third-order valence-corrected chi connectivity index (χ3v) is 5.53. The Bertz CT molecular complexity index is 675. The number of sulfonamides is 1. The van der Waals surface area contributed by atoms with Crippen LogP contribution in [0.15, 0.2) is 18.2 Å². The standard InChI is InChI=1S/C15H21FN2O3S/c1-10-8-11(16)4-5-12(10)14-9-18(22(3,20)21)7-6-13(14)15(19)17-2/h4-5,8,13-14H,6-7,9H2,1-3H3,(H,17,19). The molecule has 1 aliphatic heterocycles. The van der Waals surface area contributed by atoms with Crippen molar-refractivity contribution in [1.82, 2.24) is 9.62 Å². The molecule has 5 nitrogen and oxygen atoms in total. The smallest absolute Gasteiger partial charge is 0.223 e. The maximum absolute atomic E-state index is 13.3. The molecule has 1 heterocycles. The minimum Gasteiger partial charge on any atom is -0.359 e. The number of carbonyl (C=O) groups excluding carboxylic acids is 1. The lowest BCUT2D eigenvalue weighted by Crippen LogP contribution is -2.46. The Kier molecular flexibility index (Phi) is 4.87. The van der Waals surface area contributed by atoms with E-state index in [1.807, 2.05) is 0 Å². The van der Waals surface area contributed by atoms with Crippen LogP contribution in [0.5, 0.6) is 0 Å². The molecule has 2 rings (SSSR count). The number of hydrogen-bond donors (Lipinski definition) is 1. The van der Waals surface area contributed by atoms with Crippen LogP contribution < -0.4 is 5.32 Å². The molecule has 0 radical (unpaired) electrons. The predicted octanol–water partition coefficient (Wildman–Crippen LogP) is 1.25. The highest BCUT2D eigenvalue weighted by molar-refractivity contribution is 7.88. The van der Waals surface area contributed by atoms with Gasteiger partial charge in [0.2, 0.25) is 15.9 Å². The van der Waals surface area contributed by atoms with E-state index >= 15 is 0 Å². The van der Waals surface area contributed by atoms with Gasteiger partial charge in [-0.15, -0.1) is 0 Å². The first kappa shape index (κ1) is 16.9. The fraction of sp³-hybridized carbons (Fsp3) is 0.533. The molecule has 0 spiro atoms. The number of hydrogen-bond acceptors (Lipinski definition) is 3. The Morgan fingerprint density at radius 2 is 2.09 bits per heavy atom. The fourth-order valence-electron chi connectivity index (χ4n) is 3.09. The molecule has 0 bridgehead atoms. The Labute approximate surface area is 130 Å². The number of nitrogens with one attached hydrogen (secondary N) is 1. The molecule has 1 aromatic rings. The van der Waals surface area contributed by atoms with Gasteiger partial charge in [0, 0.05) is 32.0 Å². The highest BCUT2D eigenvalue weighted by Crippen LogP contribution is 2.35. The SMILES string of the molecule is CNC(=O)C1CCN(S(C)(=O)=O)CC1c1ccc(F)cc1C. The zero-order valence-electron chi connectivity index (χ0n) is 13.0. The normalized spacial score (nSPS) is 23.3. The number of carbonyl (C=O) groups is 1. The molecule has 22 heavy (non-hydrogen) atoms. The van der Waals surface area contributed by atoms with Crippen molar-refractivity contribution in [3.63, 3.8) is 0 Å². The van der Waals surface area contributed by atoms with Gasteiger partial charge in [0.1, 0.15) is 5.82 Å². The number of rotatable bonds is 3. The molecule has 2 atom stereocenters. The zero-order valence-corrected chi connectivity index (χ0v) is 13.8. The minimum absolute atomic E-state index is 0.109. The van der Waals surface area contributed by atoms with Crippen molar-refractivity contribution in [2.75, 3.05) is 26.4 Å². The van der Waals surface area contributed by atoms with Crippen LogP contribution in [0.3, 0.4) is 0 Å². The number of aryl methyl sites for hydroxylation is 1. The third-order valence-electron chi connectivity index (χ3n) is 4.26. The molecule has 1 saturated heterocycles. The van der Waals surface area contributed by atoms with Gasteiger partial charge in [-0.1, -0.05) is 6.07 Å². The highest BCUT2D eigenvalue weighted by atomic mass is 32.2. The summed E-state index contributed by atoms with van der Waals surface area (Å²) in [5.41, 5.74) is 1.55. The van der Waals surface area contributed by atoms with Crippen LogP contribution in [0.2, 0.25) is 0 Å². The van der Waals surface area contributed by atoms with Crippen molar-refractivity contribution < 1.29 is 17.6 Å². The third kappa shape index (κ3) is 3.47. The number of halogens is 1. The Balaban J connectivity index is 2.41. The largest absolute Gasteiger partial charge is 0.359 e. The second kappa shape index (κ2) is 6.34. The monoisotopic (exact) mass is 328 g/mol.